The van der Waals surface area contributed by atoms with Crippen LogP contribution in [0.4, 0.5) is 0 Å². The van der Waals surface area contributed by atoms with Gasteiger partial charge in [-0.05, 0) is 6.42 Å². The molecule has 1 N–H and O–H groups in total. The van der Waals surface area contributed by atoms with Crippen molar-refractivity contribution < 1.29 is 5.11 Å². The average Bonchev–Trinajstić information content (AvgIpc) is 1.67. The Morgan fingerprint density at radius 2 is 1.88 bits per heavy atom. The van der Waals surface area contributed by atoms with Crippen molar-refractivity contribution in [3.8, 4) is 0 Å². The van der Waals surface area contributed by atoms with Gasteiger partial charge < -0.3 is 5.11 Å². The summed E-state index contributed by atoms with van der Waals surface area (Å²) >= 11 is 9.56. The number of halogens is 3. The van der Waals surface area contributed by atoms with Crippen LogP contribution in [0.25, 0.3) is 0 Å². The second kappa shape index (κ2) is 5.21. The number of aliphatic hydroxyl groups is 1. The molecular formula is C4H7Br3O. The van der Waals surface area contributed by atoms with Gasteiger partial charge in [0, 0.05) is 5.33 Å². The van der Waals surface area contributed by atoms with Crippen LogP contribution in [0, 0.1) is 0 Å². The Balaban J connectivity index is 3.17. The quantitative estimate of drug-likeness (QED) is 0.793. The lowest BCUT2D eigenvalue weighted by molar-refractivity contribution is 0.267. The predicted molar refractivity (Wildman–Crippen MR) is 46.1 cm³/mol. The fraction of sp³-hybridized carbons (Fsp3) is 1.00. The highest BCUT2D eigenvalue weighted by molar-refractivity contribution is 9.12. The molecule has 0 aromatic heterocycles. The van der Waals surface area contributed by atoms with Crippen molar-refractivity contribution in [2.45, 2.75) is 16.3 Å². The first kappa shape index (κ1) is 9.40. The molecule has 0 bridgehead atoms. The van der Waals surface area contributed by atoms with Gasteiger partial charge in [-0.1, -0.05) is 47.8 Å². The van der Waals surface area contributed by atoms with Crippen LogP contribution in [-0.2, 0) is 0 Å². The normalized spacial score (nSPS) is 18.0. The largest absolute Gasteiger partial charge is 0.381 e. The van der Waals surface area contributed by atoms with E-state index in [1.807, 2.05) is 0 Å². The molecule has 0 fully saturated rings. The third-order valence-corrected chi connectivity index (χ3v) is 3.45. The van der Waals surface area contributed by atoms with Crippen molar-refractivity contribution in [2.24, 2.45) is 0 Å². The van der Waals surface area contributed by atoms with Crippen LogP contribution in [0.5, 0.6) is 0 Å². The maximum Gasteiger partial charge on any atom is 0.121 e. The molecule has 0 aliphatic carbocycles. The molecule has 2 atom stereocenters. The van der Waals surface area contributed by atoms with Gasteiger partial charge in [-0.25, -0.2) is 0 Å². The molecule has 0 saturated heterocycles. The second-order valence-electron chi connectivity index (χ2n) is 1.37. The molecule has 4 heteroatoms. The molecule has 0 amide bonds. The first-order valence-electron chi connectivity index (χ1n) is 2.20. The minimum Gasteiger partial charge on any atom is -0.381 e. The van der Waals surface area contributed by atoms with Gasteiger partial charge in [0.25, 0.3) is 0 Å². The van der Waals surface area contributed by atoms with Gasteiger partial charge in [-0.3, -0.25) is 0 Å². The maximum absolute atomic E-state index is 8.80. The zero-order valence-electron chi connectivity index (χ0n) is 4.15. The van der Waals surface area contributed by atoms with Crippen LogP contribution in [0.1, 0.15) is 6.42 Å². The van der Waals surface area contributed by atoms with E-state index in [1.54, 1.807) is 0 Å². The monoisotopic (exact) mass is 308 g/mol. The van der Waals surface area contributed by atoms with Gasteiger partial charge in [0.15, 0.2) is 0 Å². The van der Waals surface area contributed by atoms with E-state index < -0.39 is 5.01 Å². The summed E-state index contributed by atoms with van der Waals surface area (Å²) in [7, 11) is 0. The molecule has 0 aromatic carbocycles. The van der Waals surface area contributed by atoms with Crippen molar-refractivity contribution >= 4 is 47.8 Å². The molecule has 0 saturated carbocycles. The number of alkyl halides is 3. The minimum atomic E-state index is -0.431. The van der Waals surface area contributed by atoms with E-state index in [4.69, 9.17) is 5.11 Å². The van der Waals surface area contributed by atoms with Gasteiger partial charge in [-0.15, -0.1) is 0 Å². The highest BCUT2D eigenvalue weighted by atomic mass is 79.9. The SMILES string of the molecule is OC(Br)C(Br)CCBr. The Bertz CT molecular complexity index is 57.2. The minimum absolute atomic E-state index is 0.155. The Labute approximate surface area is 74.2 Å². The summed E-state index contributed by atoms with van der Waals surface area (Å²) < 4.78 is 0. The highest BCUT2D eigenvalue weighted by Gasteiger charge is 2.09. The van der Waals surface area contributed by atoms with E-state index in [0.717, 1.165) is 11.8 Å². The van der Waals surface area contributed by atoms with E-state index in [2.05, 4.69) is 47.8 Å². The van der Waals surface area contributed by atoms with Crippen molar-refractivity contribution in [3.05, 3.63) is 0 Å². The van der Waals surface area contributed by atoms with Crippen LogP contribution >= 0.6 is 47.8 Å². The fourth-order valence-corrected chi connectivity index (χ4v) is 1.84. The summed E-state index contributed by atoms with van der Waals surface area (Å²) in [5.41, 5.74) is 0. The molecule has 2 unspecified atom stereocenters. The highest BCUT2D eigenvalue weighted by Crippen LogP contribution is 2.15. The Morgan fingerprint density at radius 3 is 2.00 bits per heavy atom. The fourth-order valence-electron chi connectivity index (χ4n) is 0.242. The van der Waals surface area contributed by atoms with Crippen molar-refractivity contribution in [1.82, 2.24) is 0 Å². The van der Waals surface area contributed by atoms with Gasteiger partial charge in [-0.2, -0.15) is 0 Å². The summed E-state index contributed by atoms with van der Waals surface area (Å²) in [6.07, 6.45) is 0.923. The molecule has 0 rings (SSSR count). The van der Waals surface area contributed by atoms with Crippen molar-refractivity contribution in [1.29, 1.82) is 0 Å². The molecule has 0 aliphatic rings. The van der Waals surface area contributed by atoms with Crippen LogP contribution in [0.3, 0.4) is 0 Å². The van der Waals surface area contributed by atoms with Crippen LogP contribution < -0.4 is 0 Å². The molecule has 8 heavy (non-hydrogen) atoms. The number of hydrogen-bond acceptors (Lipinski definition) is 1. The molecule has 0 radical (unpaired) electrons. The van der Waals surface area contributed by atoms with Gasteiger partial charge >= 0.3 is 0 Å². The van der Waals surface area contributed by atoms with Crippen LogP contribution in [0.2, 0.25) is 0 Å². The molecule has 0 spiro atoms. The molecule has 0 aliphatic heterocycles. The van der Waals surface area contributed by atoms with Gasteiger partial charge in [0.05, 0.1) is 4.83 Å². The first-order valence-corrected chi connectivity index (χ1v) is 5.16. The lowest BCUT2D eigenvalue weighted by Crippen LogP contribution is -2.12. The van der Waals surface area contributed by atoms with E-state index >= 15 is 0 Å². The average molecular weight is 311 g/mol. The molecule has 1 nitrogen and oxygen atoms in total. The van der Waals surface area contributed by atoms with Gasteiger partial charge in [0.1, 0.15) is 5.01 Å². The number of aliphatic hydroxyl groups excluding tert-OH is 1. The van der Waals surface area contributed by atoms with Crippen molar-refractivity contribution in [2.75, 3.05) is 5.33 Å². The Kier molecular flexibility index (Phi) is 6.12. The zero-order valence-corrected chi connectivity index (χ0v) is 8.91. The molecule has 50 valence electrons. The predicted octanol–water partition coefficient (Wildman–Crippen LogP) is 2.25. The summed E-state index contributed by atoms with van der Waals surface area (Å²) in [5, 5.41) is 9.28. The van der Waals surface area contributed by atoms with E-state index in [9.17, 15) is 0 Å². The molecule has 0 heterocycles. The van der Waals surface area contributed by atoms with E-state index in [1.165, 1.54) is 0 Å². The second-order valence-corrected chi connectivity index (χ2v) is 4.27. The lowest BCUT2D eigenvalue weighted by Gasteiger charge is -2.07. The molecular weight excluding hydrogens is 304 g/mol. The smallest absolute Gasteiger partial charge is 0.121 e. The summed E-state index contributed by atoms with van der Waals surface area (Å²) in [6, 6.07) is 0. The first-order chi connectivity index (χ1) is 3.68. The zero-order chi connectivity index (χ0) is 6.57. The van der Waals surface area contributed by atoms with Gasteiger partial charge in [0.2, 0.25) is 0 Å². The third kappa shape index (κ3) is 4.30. The van der Waals surface area contributed by atoms with Crippen molar-refractivity contribution in [3.63, 3.8) is 0 Å². The topological polar surface area (TPSA) is 20.2 Å². The summed E-state index contributed by atoms with van der Waals surface area (Å²) in [5.74, 6) is 0. The maximum atomic E-state index is 8.80. The summed E-state index contributed by atoms with van der Waals surface area (Å²) in [6.45, 7) is 0. The van der Waals surface area contributed by atoms with E-state index in [-0.39, 0.29) is 4.83 Å². The Hall–Kier alpha value is 1.40. The van der Waals surface area contributed by atoms with Crippen LogP contribution in [0.15, 0.2) is 0 Å². The third-order valence-electron chi connectivity index (χ3n) is 0.683. The summed E-state index contributed by atoms with van der Waals surface area (Å²) in [4.78, 5) is 0.155. The number of hydrogen-bond donors (Lipinski definition) is 1. The van der Waals surface area contributed by atoms with E-state index in [0.29, 0.717) is 0 Å². The lowest BCUT2D eigenvalue weighted by atomic mass is 10.4. The molecule has 0 aromatic rings. The number of rotatable bonds is 3. The Morgan fingerprint density at radius 1 is 1.38 bits per heavy atom. The standard InChI is InChI=1S/C4H7Br3O/c5-2-1-3(6)4(7)8/h3-4,8H,1-2H2. The van der Waals surface area contributed by atoms with Crippen LogP contribution in [-0.4, -0.2) is 20.3 Å².